The van der Waals surface area contributed by atoms with Crippen LogP contribution < -0.4 is 10.2 Å². The third kappa shape index (κ3) is 4.97. The fraction of sp³-hybridized carbons (Fsp3) is 0.647. The summed E-state index contributed by atoms with van der Waals surface area (Å²) in [6.07, 6.45) is 2.71. The van der Waals surface area contributed by atoms with Crippen LogP contribution in [-0.4, -0.2) is 31.8 Å². The van der Waals surface area contributed by atoms with Gasteiger partial charge in [0.1, 0.15) is 0 Å². The Morgan fingerprint density at radius 3 is 2.76 bits per heavy atom. The number of hydrogen-bond acceptors (Lipinski definition) is 3. The van der Waals surface area contributed by atoms with E-state index >= 15 is 0 Å². The van der Waals surface area contributed by atoms with Gasteiger partial charge in [-0.25, -0.2) is 0 Å². The molecule has 1 fully saturated rings. The summed E-state index contributed by atoms with van der Waals surface area (Å²) in [6, 6.07) is 6.67. The van der Waals surface area contributed by atoms with Gasteiger partial charge in [0.25, 0.3) is 0 Å². The number of nitrogens with one attached hydrogen (secondary N) is 1. The highest BCUT2D eigenvalue weighted by molar-refractivity contribution is 9.10. The molecule has 2 rings (SSSR count). The van der Waals surface area contributed by atoms with Gasteiger partial charge in [0.2, 0.25) is 0 Å². The van der Waals surface area contributed by atoms with Crippen molar-refractivity contribution >= 4 is 21.6 Å². The number of rotatable bonds is 4. The molecule has 0 bridgehead atoms. The predicted molar refractivity (Wildman–Crippen MR) is 93.0 cm³/mol. The molecule has 1 atom stereocenters. The van der Waals surface area contributed by atoms with E-state index in [1.807, 2.05) is 7.11 Å². The second-order valence-corrected chi connectivity index (χ2v) is 7.69. The predicted octanol–water partition coefficient (Wildman–Crippen LogP) is 3.95. The second-order valence-electron chi connectivity index (χ2n) is 6.84. The largest absolute Gasteiger partial charge is 0.380 e. The molecule has 1 aromatic rings. The van der Waals surface area contributed by atoms with Crippen molar-refractivity contribution in [1.29, 1.82) is 0 Å². The Bertz CT molecular complexity index is 470. The van der Waals surface area contributed by atoms with Crippen LogP contribution in [0, 0.1) is 0 Å². The summed E-state index contributed by atoms with van der Waals surface area (Å²) in [7, 11) is 1.81. The van der Waals surface area contributed by atoms with Crippen molar-refractivity contribution in [3.8, 4) is 0 Å². The molecule has 1 aliphatic rings. The summed E-state index contributed by atoms with van der Waals surface area (Å²) in [4.78, 5) is 2.42. The van der Waals surface area contributed by atoms with E-state index < -0.39 is 0 Å². The molecule has 1 aliphatic heterocycles. The lowest BCUT2D eigenvalue weighted by Crippen LogP contribution is -2.39. The Morgan fingerprint density at radius 2 is 2.14 bits per heavy atom. The monoisotopic (exact) mass is 354 g/mol. The Balaban J connectivity index is 2.05. The third-order valence-electron chi connectivity index (χ3n) is 3.89. The van der Waals surface area contributed by atoms with Gasteiger partial charge in [-0.3, -0.25) is 0 Å². The highest BCUT2D eigenvalue weighted by Gasteiger charge is 2.21. The van der Waals surface area contributed by atoms with E-state index in [0.717, 1.165) is 26.1 Å². The van der Waals surface area contributed by atoms with Gasteiger partial charge in [-0.15, -0.1) is 0 Å². The minimum Gasteiger partial charge on any atom is -0.380 e. The topological polar surface area (TPSA) is 24.5 Å². The molecule has 1 unspecified atom stereocenters. The van der Waals surface area contributed by atoms with E-state index in [9.17, 15) is 0 Å². The Labute approximate surface area is 137 Å². The zero-order valence-electron chi connectivity index (χ0n) is 13.6. The highest BCUT2D eigenvalue weighted by Crippen LogP contribution is 2.30. The highest BCUT2D eigenvalue weighted by atomic mass is 79.9. The molecule has 21 heavy (non-hydrogen) atoms. The molecule has 0 aromatic heterocycles. The average Bonchev–Trinajstić information content (AvgIpc) is 2.44. The first-order valence-corrected chi connectivity index (χ1v) is 8.49. The Kier molecular flexibility index (Phi) is 5.69. The number of hydrogen-bond donors (Lipinski definition) is 1. The zero-order chi connectivity index (χ0) is 15.5. The number of benzene rings is 1. The third-order valence-corrected chi connectivity index (χ3v) is 4.52. The Hall–Kier alpha value is -0.580. The van der Waals surface area contributed by atoms with Crippen LogP contribution in [0.15, 0.2) is 22.7 Å². The van der Waals surface area contributed by atoms with Gasteiger partial charge in [-0.05, 0) is 67.2 Å². The number of methoxy groups -OCH3 is 1. The number of anilines is 1. The zero-order valence-corrected chi connectivity index (χ0v) is 15.2. The molecule has 0 aliphatic carbocycles. The molecule has 0 amide bonds. The maximum atomic E-state index is 5.52. The minimum atomic E-state index is 0.143. The van der Waals surface area contributed by atoms with Gasteiger partial charge in [-0.2, -0.15) is 0 Å². The van der Waals surface area contributed by atoms with Gasteiger partial charge in [0, 0.05) is 36.8 Å². The van der Waals surface area contributed by atoms with E-state index in [1.54, 1.807) is 0 Å². The Morgan fingerprint density at radius 1 is 1.38 bits per heavy atom. The molecule has 1 N–H and O–H groups in total. The standard InChI is InChI=1S/C17H27BrN2O/c1-17(2,3)19-11-13-7-8-16(15(18)10-13)20-9-5-6-14(12-20)21-4/h7-8,10,14,19H,5-6,9,11-12H2,1-4H3. The first-order valence-electron chi connectivity index (χ1n) is 7.70. The summed E-state index contributed by atoms with van der Waals surface area (Å²) in [5.41, 5.74) is 2.72. The van der Waals surface area contributed by atoms with E-state index in [0.29, 0.717) is 6.10 Å². The second kappa shape index (κ2) is 7.12. The van der Waals surface area contributed by atoms with Crippen LogP contribution in [0.2, 0.25) is 0 Å². The van der Waals surface area contributed by atoms with E-state index in [2.05, 4.69) is 65.1 Å². The van der Waals surface area contributed by atoms with Crippen molar-refractivity contribution in [3.63, 3.8) is 0 Å². The fourth-order valence-electron chi connectivity index (χ4n) is 2.63. The van der Waals surface area contributed by atoms with Gasteiger partial charge in [0.05, 0.1) is 11.8 Å². The molecule has 1 saturated heterocycles. The van der Waals surface area contributed by atoms with Crippen LogP contribution in [0.3, 0.4) is 0 Å². The summed E-state index contributed by atoms with van der Waals surface area (Å²) in [5.74, 6) is 0. The molecule has 4 heteroatoms. The molecular weight excluding hydrogens is 328 g/mol. The smallest absolute Gasteiger partial charge is 0.0746 e. The summed E-state index contributed by atoms with van der Waals surface area (Å²) in [6.45, 7) is 9.55. The lowest BCUT2D eigenvalue weighted by atomic mass is 10.1. The van der Waals surface area contributed by atoms with Crippen molar-refractivity contribution in [3.05, 3.63) is 28.2 Å². The number of halogens is 1. The van der Waals surface area contributed by atoms with Crippen molar-refractivity contribution in [2.45, 2.75) is 51.8 Å². The SMILES string of the molecule is COC1CCCN(c2ccc(CNC(C)(C)C)cc2Br)C1. The number of ether oxygens (including phenoxy) is 1. The average molecular weight is 355 g/mol. The van der Waals surface area contributed by atoms with Crippen LogP contribution in [0.25, 0.3) is 0 Å². The van der Waals surface area contributed by atoms with Crippen molar-refractivity contribution in [2.75, 3.05) is 25.1 Å². The molecule has 3 nitrogen and oxygen atoms in total. The van der Waals surface area contributed by atoms with Crippen LogP contribution in [0.4, 0.5) is 5.69 Å². The maximum Gasteiger partial charge on any atom is 0.0746 e. The number of nitrogens with zero attached hydrogens (tertiary/aromatic N) is 1. The lowest BCUT2D eigenvalue weighted by molar-refractivity contribution is 0.0893. The van der Waals surface area contributed by atoms with Gasteiger partial charge >= 0.3 is 0 Å². The normalized spacial score (nSPS) is 19.9. The fourth-order valence-corrected chi connectivity index (χ4v) is 3.31. The first kappa shape index (κ1) is 16.8. The van der Waals surface area contributed by atoms with Gasteiger partial charge in [-0.1, -0.05) is 6.07 Å². The van der Waals surface area contributed by atoms with Crippen molar-refractivity contribution in [1.82, 2.24) is 5.32 Å². The molecule has 0 saturated carbocycles. The summed E-state index contributed by atoms with van der Waals surface area (Å²) in [5, 5.41) is 3.53. The minimum absolute atomic E-state index is 0.143. The molecule has 118 valence electrons. The summed E-state index contributed by atoms with van der Waals surface area (Å²) >= 11 is 3.73. The maximum absolute atomic E-state index is 5.52. The van der Waals surface area contributed by atoms with E-state index in [1.165, 1.54) is 22.1 Å². The van der Waals surface area contributed by atoms with Crippen LogP contribution in [0.5, 0.6) is 0 Å². The van der Waals surface area contributed by atoms with Crippen LogP contribution in [-0.2, 0) is 11.3 Å². The number of piperidine rings is 1. The van der Waals surface area contributed by atoms with Crippen molar-refractivity contribution < 1.29 is 4.74 Å². The van der Waals surface area contributed by atoms with Crippen LogP contribution in [0.1, 0.15) is 39.2 Å². The molecule has 1 aromatic carbocycles. The lowest BCUT2D eigenvalue weighted by Gasteiger charge is -2.34. The van der Waals surface area contributed by atoms with Gasteiger partial charge in [0.15, 0.2) is 0 Å². The van der Waals surface area contributed by atoms with Gasteiger partial charge < -0.3 is 15.0 Å². The van der Waals surface area contributed by atoms with E-state index in [4.69, 9.17) is 4.74 Å². The van der Waals surface area contributed by atoms with Crippen molar-refractivity contribution in [2.24, 2.45) is 0 Å². The molecule has 1 heterocycles. The molecule has 0 radical (unpaired) electrons. The summed E-state index contributed by atoms with van der Waals surface area (Å²) < 4.78 is 6.69. The first-order chi connectivity index (χ1) is 9.89. The van der Waals surface area contributed by atoms with E-state index in [-0.39, 0.29) is 5.54 Å². The quantitative estimate of drug-likeness (QED) is 0.885. The molecular formula is C17H27BrN2O. The van der Waals surface area contributed by atoms with Crippen LogP contribution >= 0.6 is 15.9 Å². The molecule has 0 spiro atoms.